The monoisotopic (exact) mass is 335 g/mol. The molecule has 0 N–H and O–H groups in total. The van der Waals surface area contributed by atoms with Crippen molar-refractivity contribution in [1.82, 2.24) is 4.90 Å². The van der Waals surface area contributed by atoms with Gasteiger partial charge in [0.25, 0.3) is 5.91 Å². The normalized spacial score (nSPS) is 17.0. The molecule has 0 radical (unpaired) electrons. The summed E-state index contributed by atoms with van der Waals surface area (Å²) >= 11 is 0. The third kappa shape index (κ3) is 3.07. The fourth-order valence-electron chi connectivity index (χ4n) is 3.46. The number of rotatable bonds is 3. The van der Waals surface area contributed by atoms with Crippen LogP contribution in [0.4, 0.5) is 4.39 Å². The number of furan rings is 1. The Kier molecular flexibility index (Phi) is 4.10. The molecule has 3 aromatic rings. The van der Waals surface area contributed by atoms with Gasteiger partial charge in [-0.3, -0.25) is 4.79 Å². The molecule has 1 atom stereocenters. The Morgan fingerprint density at radius 3 is 2.68 bits per heavy atom. The summed E-state index contributed by atoms with van der Waals surface area (Å²) in [5, 5.41) is 0. The second-order valence-electron chi connectivity index (χ2n) is 6.27. The molecule has 0 unspecified atom stereocenters. The lowest BCUT2D eigenvalue weighted by Gasteiger charge is -2.25. The van der Waals surface area contributed by atoms with Crippen LogP contribution in [0.5, 0.6) is 0 Å². The maximum Gasteiger partial charge on any atom is 0.254 e. The molecule has 25 heavy (non-hydrogen) atoms. The fourth-order valence-corrected chi connectivity index (χ4v) is 3.46. The molecule has 0 spiro atoms. The van der Waals surface area contributed by atoms with Crippen LogP contribution >= 0.6 is 0 Å². The smallest absolute Gasteiger partial charge is 0.254 e. The highest BCUT2D eigenvalue weighted by molar-refractivity contribution is 5.95. The Morgan fingerprint density at radius 1 is 1.08 bits per heavy atom. The molecule has 1 aromatic heterocycles. The van der Waals surface area contributed by atoms with Crippen LogP contribution in [-0.2, 0) is 0 Å². The number of hydrogen-bond donors (Lipinski definition) is 0. The average Bonchev–Trinajstić information content (AvgIpc) is 3.34. The molecule has 1 aliphatic heterocycles. The first-order valence-corrected chi connectivity index (χ1v) is 8.43. The lowest BCUT2D eigenvalue weighted by molar-refractivity contribution is 0.0735. The van der Waals surface area contributed by atoms with E-state index in [0.717, 1.165) is 29.7 Å². The van der Waals surface area contributed by atoms with Gasteiger partial charge in [0.2, 0.25) is 0 Å². The van der Waals surface area contributed by atoms with Crippen LogP contribution in [0.1, 0.15) is 34.8 Å². The maximum atomic E-state index is 13.2. The molecule has 2 aromatic carbocycles. The second-order valence-corrected chi connectivity index (χ2v) is 6.27. The van der Waals surface area contributed by atoms with Gasteiger partial charge in [0.1, 0.15) is 11.6 Å². The molecule has 126 valence electrons. The first-order chi connectivity index (χ1) is 12.2. The zero-order valence-electron chi connectivity index (χ0n) is 13.7. The Hall–Kier alpha value is -2.88. The highest BCUT2D eigenvalue weighted by atomic mass is 19.1. The van der Waals surface area contributed by atoms with Crippen LogP contribution in [0.2, 0.25) is 0 Å². The van der Waals surface area contributed by atoms with Gasteiger partial charge in [-0.15, -0.1) is 0 Å². The van der Waals surface area contributed by atoms with E-state index in [1.807, 2.05) is 41.3 Å². The molecular formula is C21H18FNO2. The van der Waals surface area contributed by atoms with Crippen molar-refractivity contribution in [3.8, 4) is 11.3 Å². The minimum absolute atomic E-state index is 0.000214. The zero-order valence-corrected chi connectivity index (χ0v) is 13.7. The van der Waals surface area contributed by atoms with E-state index in [9.17, 15) is 9.18 Å². The van der Waals surface area contributed by atoms with E-state index >= 15 is 0 Å². The fraction of sp³-hybridized carbons (Fsp3) is 0.190. The molecule has 1 saturated heterocycles. The van der Waals surface area contributed by atoms with E-state index in [1.54, 1.807) is 18.4 Å². The lowest BCUT2D eigenvalue weighted by Crippen LogP contribution is -2.30. The Labute approximate surface area is 145 Å². The Morgan fingerprint density at radius 2 is 1.92 bits per heavy atom. The molecule has 1 amide bonds. The van der Waals surface area contributed by atoms with Crippen molar-refractivity contribution in [3.63, 3.8) is 0 Å². The summed E-state index contributed by atoms with van der Waals surface area (Å²) in [6.07, 6.45) is 3.47. The number of amides is 1. The van der Waals surface area contributed by atoms with Crippen molar-refractivity contribution < 1.29 is 13.6 Å². The van der Waals surface area contributed by atoms with E-state index in [2.05, 4.69) is 0 Å². The van der Waals surface area contributed by atoms with Crippen molar-refractivity contribution in [2.24, 2.45) is 0 Å². The number of carbonyl (C=O) groups is 1. The molecule has 1 fully saturated rings. The number of hydrogen-bond acceptors (Lipinski definition) is 2. The summed E-state index contributed by atoms with van der Waals surface area (Å²) in [5.41, 5.74) is 2.51. The average molecular weight is 335 g/mol. The van der Waals surface area contributed by atoms with Crippen LogP contribution in [0.15, 0.2) is 71.3 Å². The number of benzene rings is 2. The first kappa shape index (κ1) is 15.6. The molecule has 4 rings (SSSR count). The topological polar surface area (TPSA) is 33.5 Å². The molecule has 0 saturated carbocycles. The SMILES string of the molecule is O=C(c1cccc(-c2ccco2)c1)N1CCC[C@H]1c1ccc(F)cc1. The van der Waals surface area contributed by atoms with Gasteiger partial charge >= 0.3 is 0 Å². The summed E-state index contributed by atoms with van der Waals surface area (Å²) in [7, 11) is 0. The second kappa shape index (κ2) is 6.55. The van der Waals surface area contributed by atoms with E-state index in [-0.39, 0.29) is 17.8 Å². The van der Waals surface area contributed by atoms with Gasteiger partial charge in [-0.05, 0) is 54.8 Å². The van der Waals surface area contributed by atoms with Gasteiger partial charge in [-0.1, -0.05) is 24.3 Å². The molecule has 3 nitrogen and oxygen atoms in total. The van der Waals surface area contributed by atoms with Crippen molar-refractivity contribution >= 4 is 5.91 Å². The van der Waals surface area contributed by atoms with E-state index in [0.29, 0.717) is 12.1 Å². The minimum atomic E-state index is -0.259. The summed E-state index contributed by atoms with van der Waals surface area (Å²) in [6.45, 7) is 0.714. The largest absolute Gasteiger partial charge is 0.464 e. The van der Waals surface area contributed by atoms with E-state index in [4.69, 9.17) is 4.42 Å². The predicted octanol–water partition coefficient (Wildman–Crippen LogP) is 5.06. The maximum absolute atomic E-state index is 13.2. The van der Waals surface area contributed by atoms with Crippen molar-refractivity contribution in [2.75, 3.05) is 6.54 Å². The van der Waals surface area contributed by atoms with Gasteiger partial charge in [-0.25, -0.2) is 4.39 Å². The number of carbonyl (C=O) groups excluding carboxylic acids is 1. The van der Waals surface area contributed by atoms with Crippen molar-refractivity contribution in [3.05, 3.63) is 83.9 Å². The Bertz CT molecular complexity index is 871. The third-order valence-corrected chi connectivity index (χ3v) is 4.68. The van der Waals surface area contributed by atoms with Crippen LogP contribution in [0.25, 0.3) is 11.3 Å². The van der Waals surface area contributed by atoms with Gasteiger partial charge in [0, 0.05) is 17.7 Å². The summed E-state index contributed by atoms with van der Waals surface area (Å²) < 4.78 is 18.6. The number of nitrogens with zero attached hydrogens (tertiary/aromatic N) is 1. The molecular weight excluding hydrogens is 317 g/mol. The summed E-state index contributed by atoms with van der Waals surface area (Å²) in [6, 6.07) is 17.6. The van der Waals surface area contributed by atoms with Gasteiger partial charge in [0.15, 0.2) is 0 Å². The highest BCUT2D eigenvalue weighted by Gasteiger charge is 2.30. The molecule has 4 heteroatoms. The summed E-state index contributed by atoms with van der Waals surface area (Å²) in [4.78, 5) is 14.9. The van der Waals surface area contributed by atoms with Crippen LogP contribution in [0, 0.1) is 5.82 Å². The van der Waals surface area contributed by atoms with Gasteiger partial charge in [0.05, 0.1) is 12.3 Å². The van der Waals surface area contributed by atoms with Crippen molar-refractivity contribution in [1.29, 1.82) is 0 Å². The van der Waals surface area contributed by atoms with E-state index < -0.39 is 0 Å². The predicted molar refractivity (Wildman–Crippen MR) is 93.6 cm³/mol. The number of likely N-dealkylation sites (tertiary alicyclic amines) is 1. The quantitative estimate of drug-likeness (QED) is 0.670. The molecule has 0 bridgehead atoms. The summed E-state index contributed by atoms with van der Waals surface area (Å²) in [5.74, 6) is 0.483. The molecule has 2 heterocycles. The van der Waals surface area contributed by atoms with Crippen LogP contribution < -0.4 is 0 Å². The van der Waals surface area contributed by atoms with Crippen LogP contribution in [0.3, 0.4) is 0 Å². The zero-order chi connectivity index (χ0) is 17.2. The van der Waals surface area contributed by atoms with Crippen molar-refractivity contribution in [2.45, 2.75) is 18.9 Å². The van der Waals surface area contributed by atoms with Crippen LogP contribution in [-0.4, -0.2) is 17.4 Å². The molecule has 0 aliphatic carbocycles. The van der Waals surface area contributed by atoms with E-state index in [1.165, 1.54) is 12.1 Å². The number of halogens is 1. The van der Waals surface area contributed by atoms with Gasteiger partial charge < -0.3 is 9.32 Å². The molecule has 1 aliphatic rings. The lowest BCUT2D eigenvalue weighted by atomic mass is 10.0. The van der Waals surface area contributed by atoms with Gasteiger partial charge in [-0.2, -0.15) is 0 Å². The standard InChI is InChI=1S/C21H18FNO2/c22-18-10-8-15(9-11-18)19-6-2-12-23(19)21(24)17-5-1-4-16(14-17)20-7-3-13-25-20/h1,3-5,7-11,13-14,19H,2,6,12H2/t19-/m0/s1. The highest BCUT2D eigenvalue weighted by Crippen LogP contribution is 2.33. The first-order valence-electron chi connectivity index (χ1n) is 8.43. The Balaban J connectivity index is 1.61. The third-order valence-electron chi connectivity index (χ3n) is 4.68. The minimum Gasteiger partial charge on any atom is -0.464 e.